The molecule has 3 aromatic rings. The lowest BCUT2D eigenvalue weighted by molar-refractivity contribution is -0.115. The Morgan fingerprint density at radius 3 is 2.80 bits per heavy atom. The van der Waals surface area contributed by atoms with Crippen LogP contribution in [-0.4, -0.2) is 17.0 Å². The minimum atomic E-state index is -0.132. The second-order valence-electron chi connectivity index (χ2n) is 5.94. The summed E-state index contributed by atoms with van der Waals surface area (Å²) >= 11 is 1.47. The first-order chi connectivity index (χ1) is 12.0. The number of aryl methyl sites for hydroxylation is 1. The van der Waals surface area contributed by atoms with E-state index in [1.165, 1.54) is 11.3 Å². The number of carbonyl (C=O) groups excluding carboxylic acids is 1. The summed E-state index contributed by atoms with van der Waals surface area (Å²) in [6.45, 7) is 5.79. The standard InChI is InChI=1S/C19H20N2O3S/c1-12(2)23-16-7-5-4-6-15(16)21-18(22)10-14-11-25-19(20-14)17-9-8-13(3)24-17/h4-9,11-12H,10H2,1-3H3,(H,21,22). The van der Waals surface area contributed by atoms with Crippen molar-refractivity contribution in [2.45, 2.75) is 33.3 Å². The maximum Gasteiger partial charge on any atom is 0.230 e. The molecule has 1 N–H and O–H groups in total. The number of thiazole rings is 1. The summed E-state index contributed by atoms with van der Waals surface area (Å²) in [6.07, 6.45) is 0.238. The monoisotopic (exact) mass is 356 g/mol. The van der Waals surface area contributed by atoms with Crippen LogP contribution in [0.5, 0.6) is 5.75 Å². The van der Waals surface area contributed by atoms with Crippen molar-refractivity contribution in [1.29, 1.82) is 0 Å². The largest absolute Gasteiger partial charge is 0.489 e. The van der Waals surface area contributed by atoms with Crippen molar-refractivity contribution in [1.82, 2.24) is 4.98 Å². The van der Waals surface area contributed by atoms with Gasteiger partial charge in [0.1, 0.15) is 11.5 Å². The van der Waals surface area contributed by atoms with E-state index in [1.807, 2.05) is 62.5 Å². The van der Waals surface area contributed by atoms with Gasteiger partial charge in [-0.05, 0) is 45.0 Å². The fraction of sp³-hybridized carbons (Fsp3) is 0.263. The number of furan rings is 1. The third-order valence-electron chi connectivity index (χ3n) is 3.37. The predicted octanol–water partition coefficient (Wildman–Crippen LogP) is 4.68. The Bertz CT molecular complexity index is 867. The van der Waals surface area contributed by atoms with Crippen LogP contribution in [0.2, 0.25) is 0 Å². The number of anilines is 1. The highest BCUT2D eigenvalue weighted by Gasteiger charge is 2.13. The van der Waals surface area contributed by atoms with E-state index >= 15 is 0 Å². The minimum absolute atomic E-state index is 0.0379. The summed E-state index contributed by atoms with van der Waals surface area (Å²) in [5.74, 6) is 2.10. The SMILES string of the molecule is Cc1ccc(-c2nc(CC(=O)Nc3ccccc3OC(C)C)cs2)o1. The van der Waals surface area contributed by atoms with Crippen LogP contribution in [0.15, 0.2) is 46.2 Å². The van der Waals surface area contributed by atoms with Crippen molar-refractivity contribution in [2.75, 3.05) is 5.32 Å². The number of aromatic nitrogens is 1. The molecule has 0 bridgehead atoms. The molecule has 5 nitrogen and oxygen atoms in total. The number of carbonyl (C=O) groups is 1. The number of ether oxygens (including phenoxy) is 1. The van der Waals surface area contributed by atoms with Crippen molar-refractivity contribution < 1.29 is 13.9 Å². The Morgan fingerprint density at radius 2 is 2.08 bits per heavy atom. The summed E-state index contributed by atoms with van der Waals surface area (Å²) in [5, 5.41) is 5.55. The van der Waals surface area contributed by atoms with Crippen LogP contribution < -0.4 is 10.1 Å². The van der Waals surface area contributed by atoms with E-state index in [9.17, 15) is 4.79 Å². The summed E-state index contributed by atoms with van der Waals surface area (Å²) in [6, 6.07) is 11.2. The topological polar surface area (TPSA) is 64.4 Å². The molecule has 1 amide bonds. The number of nitrogens with zero attached hydrogens (tertiary/aromatic N) is 1. The molecule has 130 valence electrons. The lowest BCUT2D eigenvalue weighted by atomic mass is 10.2. The Kier molecular flexibility index (Phi) is 5.19. The molecule has 2 heterocycles. The van der Waals surface area contributed by atoms with Gasteiger partial charge in [-0.3, -0.25) is 4.79 Å². The predicted molar refractivity (Wildman–Crippen MR) is 99.1 cm³/mol. The molecule has 2 aromatic heterocycles. The molecule has 0 saturated carbocycles. The molecule has 0 unspecified atom stereocenters. The van der Waals surface area contributed by atoms with Gasteiger partial charge in [-0.2, -0.15) is 0 Å². The van der Waals surface area contributed by atoms with E-state index < -0.39 is 0 Å². The first-order valence-electron chi connectivity index (χ1n) is 8.08. The Labute approximate surface area is 150 Å². The summed E-state index contributed by atoms with van der Waals surface area (Å²) in [4.78, 5) is 16.8. The Hall–Kier alpha value is -2.60. The van der Waals surface area contributed by atoms with Crippen LogP contribution >= 0.6 is 11.3 Å². The van der Waals surface area contributed by atoms with E-state index in [1.54, 1.807) is 0 Å². The molecular formula is C19H20N2O3S. The normalized spacial score (nSPS) is 10.9. The van der Waals surface area contributed by atoms with Gasteiger partial charge in [0.25, 0.3) is 0 Å². The minimum Gasteiger partial charge on any atom is -0.489 e. The van der Waals surface area contributed by atoms with Gasteiger partial charge in [-0.25, -0.2) is 4.98 Å². The molecular weight excluding hydrogens is 336 g/mol. The van der Waals surface area contributed by atoms with Gasteiger partial charge < -0.3 is 14.5 Å². The molecule has 0 atom stereocenters. The molecule has 0 fully saturated rings. The van der Waals surface area contributed by atoms with Crippen LogP contribution in [-0.2, 0) is 11.2 Å². The van der Waals surface area contributed by atoms with Gasteiger partial charge in [0.15, 0.2) is 10.8 Å². The Balaban J connectivity index is 1.66. The van der Waals surface area contributed by atoms with Crippen LogP contribution in [0, 0.1) is 6.92 Å². The second kappa shape index (κ2) is 7.53. The first-order valence-corrected chi connectivity index (χ1v) is 8.96. The van der Waals surface area contributed by atoms with Gasteiger partial charge in [0, 0.05) is 5.38 Å². The third-order valence-corrected chi connectivity index (χ3v) is 4.27. The van der Waals surface area contributed by atoms with Crippen LogP contribution in [0.3, 0.4) is 0 Å². The van der Waals surface area contributed by atoms with E-state index in [2.05, 4.69) is 10.3 Å². The quantitative estimate of drug-likeness (QED) is 0.696. The van der Waals surface area contributed by atoms with Crippen molar-refractivity contribution >= 4 is 22.9 Å². The summed E-state index contributed by atoms with van der Waals surface area (Å²) in [5.41, 5.74) is 1.38. The number of benzene rings is 1. The number of para-hydroxylation sites is 2. The maximum atomic E-state index is 12.3. The maximum absolute atomic E-state index is 12.3. The number of hydrogen-bond donors (Lipinski definition) is 1. The number of nitrogens with one attached hydrogen (secondary N) is 1. The number of hydrogen-bond acceptors (Lipinski definition) is 5. The highest BCUT2D eigenvalue weighted by atomic mass is 32.1. The highest BCUT2D eigenvalue weighted by molar-refractivity contribution is 7.13. The summed E-state index contributed by atoms with van der Waals surface area (Å²) in [7, 11) is 0. The average Bonchev–Trinajstić information content (AvgIpc) is 3.17. The van der Waals surface area contributed by atoms with E-state index in [4.69, 9.17) is 9.15 Å². The fourth-order valence-electron chi connectivity index (χ4n) is 2.34. The van der Waals surface area contributed by atoms with Gasteiger partial charge in [-0.1, -0.05) is 12.1 Å². The van der Waals surface area contributed by atoms with E-state index in [0.717, 1.165) is 16.5 Å². The van der Waals surface area contributed by atoms with Crippen LogP contribution in [0.4, 0.5) is 5.69 Å². The van der Waals surface area contributed by atoms with E-state index in [0.29, 0.717) is 17.1 Å². The molecule has 6 heteroatoms. The molecule has 1 aromatic carbocycles. The van der Waals surface area contributed by atoms with Gasteiger partial charge >= 0.3 is 0 Å². The zero-order valence-electron chi connectivity index (χ0n) is 14.4. The Morgan fingerprint density at radius 1 is 1.28 bits per heavy atom. The number of rotatable bonds is 6. The zero-order valence-corrected chi connectivity index (χ0v) is 15.2. The molecule has 0 aliphatic rings. The van der Waals surface area contributed by atoms with Crippen molar-refractivity contribution in [3.63, 3.8) is 0 Å². The molecule has 25 heavy (non-hydrogen) atoms. The van der Waals surface area contributed by atoms with Gasteiger partial charge in [0.2, 0.25) is 5.91 Å². The molecule has 0 aliphatic heterocycles. The van der Waals surface area contributed by atoms with E-state index in [-0.39, 0.29) is 18.4 Å². The third kappa shape index (κ3) is 4.48. The average molecular weight is 356 g/mol. The smallest absolute Gasteiger partial charge is 0.230 e. The van der Waals surface area contributed by atoms with Crippen LogP contribution in [0.1, 0.15) is 25.3 Å². The molecule has 0 radical (unpaired) electrons. The molecule has 0 spiro atoms. The second-order valence-corrected chi connectivity index (χ2v) is 6.80. The molecule has 0 aliphatic carbocycles. The summed E-state index contributed by atoms with van der Waals surface area (Å²) < 4.78 is 11.3. The lowest BCUT2D eigenvalue weighted by Crippen LogP contribution is -2.16. The number of amides is 1. The molecule has 3 rings (SSSR count). The zero-order chi connectivity index (χ0) is 17.8. The fourth-order valence-corrected chi connectivity index (χ4v) is 3.12. The van der Waals surface area contributed by atoms with Gasteiger partial charge in [-0.15, -0.1) is 11.3 Å². The molecule has 0 saturated heterocycles. The first kappa shape index (κ1) is 17.2. The van der Waals surface area contributed by atoms with Crippen molar-refractivity contribution in [3.8, 4) is 16.5 Å². The van der Waals surface area contributed by atoms with Gasteiger partial charge in [0.05, 0.1) is 23.9 Å². The van der Waals surface area contributed by atoms with Crippen LogP contribution in [0.25, 0.3) is 10.8 Å². The van der Waals surface area contributed by atoms with Crippen molar-refractivity contribution in [3.05, 3.63) is 53.2 Å². The van der Waals surface area contributed by atoms with Crippen molar-refractivity contribution in [2.24, 2.45) is 0 Å². The highest BCUT2D eigenvalue weighted by Crippen LogP contribution is 2.27. The lowest BCUT2D eigenvalue weighted by Gasteiger charge is -2.14.